The molecule has 3 heterocycles. The number of aromatic nitrogens is 1. The molecule has 0 aliphatic carbocycles. The van der Waals surface area contributed by atoms with Gasteiger partial charge in [0, 0.05) is 61.7 Å². The Hall–Kier alpha value is -1.71. The van der Waals surface area contributed by atoms with E-state index < -0.39 is 15.6 Å². The van der Waals surface area contributed by atoms with E-state index in [0.717, 1.165) is 16.9 Å². The van der Waals surface area contributed by atoms with E-state index in [4.69, 9.17) is 11.6 Å². The minimum atomic E-state index is -3.30. The minimum Gasteiger partial charge on any atom is -0.354 e. The summed E-state index contributed by atoms with van der Waals surface area (Å²) in [5, 5.41) is 7.12. The van der Waals surface area contributed by atoms with Crippen molar-refractivity contribution in [3.63, 3.8) is 0 Å². The van der Waals surface area contributed by atoms with Gasteiger partial charge in [0.1, 0.15) is 5.82 Å². The summed E-state index contributed by atoms with van der Waals surface area (Å²) in [6.45, 7) is 5.49. The second-order valence-electron chi connectivity index (χ2n) is 7.90. The summed E-state index contributed by atoms with van der Waals surface area (Å²) in [5.41, 5.74) is 1.68. The normalized spacial score (nSPS) is 23.4. The lowest BCUT2D eigenvalue weighted by molar-refractivity contribution is 0.373. The molecule has 7 nitrogen and oxygen atoms in total. The fourth-order valence-electron chi connectivity index (χ4n) is 3.85. The first-order valence-electron chi connectivity index (χ1n) is 9.75. The number of anilines is 1. The highest BCUT2D eigenvalue weighted by atomic mass is 35.5. The Balaban J connectivity index is 1.37. The van der Waals surface area contributed by atoms with E-state index in [1.807, 2.05) is 49.5 Å². The number of halogens is 1. The zero-order valence-electron chi connectivity index (χ0n) is 16.4. The third-order valence-corrected chi connectivity index (χ3v) is 7.94. The zero-order chi connectivity index (χ0) is 20.5. The van der Waals surface area contributed by atoms with Crippen molar-refractivity contribution in [2.75, 3.05) is 50.0 Å². The molecule has 1 aromatic carbocycles. The molecular weight excluding hydrogens is 410 g/mol. The number of pyridine rings is 1. The second kappa shape index (κ2) is 8.20. The van der Waals surface area contributed by atoms with E-state index >= 15 is 0 Å². The van der Waals surface area contributed by atoms with Crippen molar-refractivity contribution in [3.05, 3.63) is 47.6 Å². The van der Waals surface area contributed by atoms with Crippen LogP contribution in [-0.2, 0) is 10.0 Å². The van der Waals surface area contributed by atoms with Gasteiger partial charge in [0.15, 0.2) is 0 Å². The van der Waals surface area contributed by atoms with Gasteiger partial charge in [0.25, 0.3) is 0 Å². The number of hydrogen-bond donors (Lipinski definition) is 2. The summed E-state index contributed by atoms with van der Waals surface area (Å²) in [4.78, 5) is 6.72. The van der Waals surface area contributed by atoms with Gasteiger partial charge in [-0.15, -0.1) is 0 Å². The molecule has 0 radical (unpaired) electrons. The van der Waals surface area contributed by atoms with Gasteiger partial charge < -0.3 is 10.2 Å². The summed E-state index contributed by atoms with van der Waals surface area (Å²) in [5.74, 6) is 0.981. The van der Waals surface area contributed by atoms with Crippen molar-refractivity contribution in [1.29, 1.82) is 0 Å². The molecule has 1 atom stereocenters. The van der Waals surface area contributed by atoms with E-state index in [1.54, 1.807) is 4.31 Å². The number of benzene rings is 1. The van der Waals surface area contributed by atoms with Crippen molar-refractivity contribution >= 4 is 27.4 Å². The molecule has 0 unspecified atom stereocenters. The maximum atomic E-state index is 12.8. The molecule has 29 heavy (non-hydrogen) atoms. The summed E-state index contributed by atoms with van der Waals surface area (Å²) in [6, 6.07) is 11.7. The second-order valence-corrected chi connectivity index (χ2v) is 10.3. The molecule has 2 aromatic rings. The van der Waals surface area contributed by atoms with Crippen molar-refractivity contribution in [2.24, 2.45) is 0 Å². The highest BCUT2D eigenvalue weighted by Crippen LogP contribution is 2.24. The quantitative estimate of drug-likeness (QED) is 0.745. The smallest absolute Gasteiger partial charge is 0.216 e. The molecular formula is C20H26ClN5O2S. The van der Waals surface area contributed by atoms with Crippen LogP contribution in [0.2, 0.25) is 5.02 Å². The summed E-state index contributed by atoms with van der Waals surface area (Å²) < 4.78 is 27.3. The van der Waals surface area contributed by atoms with Crippen LogP contribution in [0.15, 0.2) is 42.6 Å². The molecule has 0 saturated carbocycles. The predicted octanol–water partition coefficient (Wildman–Crippen LogP) is 1.76. The van der Waals surface area contributed by atoms with E-state index in [1.165, 1.54) is 0 Å². The van der Waals surface area contributed by atoms with Crippen molar-refractivity contribution in [3.8, 4) is 11.1 Å². The van der Waals surface area contributed by atoms with Crippen LogP contribution < -0.4 is 15.5 Å². The van der Waals surface area contributed by atoms with Crippen LogP contribution in [0.4, 0.5) is 5.82 Å². The number of nitrogens with zero attached hydrogens (tertiary/aromatic N) is 3. The van der Waals surface area contributed by atoms with E-state index in [-0.39, 0.29) is 5.75 Å². The number of hydrogen-bond acceptors (Lipinski definition) is 6. The Morgan fingerprint density at radius 2 is 1.76 bits per heavy atom. The fourth-order valence-corrected chi connectivity index (χ4v) is 5.89. The number of sulfonamides is 1. The maximum Gasteiger partial charge on any atom is 0.216 e. The van der Waals surface area contributed by atoms with Gasteiger partial charge in [-0.25, -0.2) is 13.4 Å². The predicted molar refractivity (Wildman–Crippen MR) is 117 cm³/mol. The summed E-state index contributed by atoms with van der Waals surface area (Å²) in [6.07, 6.45) is 1.85. The third-order valence-electron chi connectivity index (χ3n) is 5.54. The van der Waals surface area contributed by atoms with Crippen LogP contribution in [0.3, 0.4) is 0 Å². The number of rotatable bonds is 5. The van der Waals surface area contributed by atoms with Crippen LogP contribution in [-0.4, -0.2) is 68.4 Å². The lowest BCUT2D eigenvalue weighted by atomic mass is 10.1. The summed E-state index contributed by atoms with van der Waals surface area (Å²) in [7, 11) is -3.30. The Morgan fingerprint density at radius 3 is 2.34 bits per heavy atom. The van der Waals surface area contributed by atoms with E-state index in [9.17, 15) is 8.42 Å². The molecule has 4 rings (SSSR count). The molecule has 156 valence electrons. The van der Waals surface area contributed by atoms with Crippen molar-refractivity contribution < 1.29 is 8.42 Å². The Morgan fingerprint density at radius 1 is 1.07 bits per heavy atom. The molecule has 0 spiro atoms. The maximum absolute atomic E-state index is 12.8. The standard InChI is InChI=1S/C20H26ClN5O2S/c1-20(13-22-15-24-20)14-29(27,28)26-10-8-25(9-11-26)19-7-4-17(12-23-19)16-2-5-18(21)6-3-16/h2-7,12,22,24H,8-11,13-15H2,1H3/t20-/m0/s1. The van der Waals surface area contributed by atoms with Crippen molar-refractivity contribution in [1.82, 2.24) is 19.9 Å². The molecule has 1 aromatic heterocycles. The Labute approximate surface area is 177 Å². The van der Waals surface area contributed by atoms with E-state index in [2.05, 4.69) is 20.5 Å². The van der Waals surface area contributed by atoms with Crippen molar-refractivity contribution in [2.45, 2.75) is 12.5 Å². The largest absolute Gasteiger partial charge is 0.354 e. The molecule has 2 saturated heterocycles. The molecule has 2 fully saturated rings. The Bertz CT molecular complexity index is 936. The van der Waals surface area contributed by atoms with Gasteiger partial charge in [0.05, 0.1) is 5.75 Å². The van der Waals surface area contributed by atoms with Gasteiger partial charge >= 0.3 is 0 Å². The van der Waals surface area contributed by atoms with Gasteiger partial charge in [0.2, 0.25) is 10.0 Å². The SMILES string of the molecule is C[C@@]1(CS(=O)(=O)N2CCN(c3ccc(-c4ccc(Cl)cc4)cn3)CC2)CNCN1. The van der Waals surface area contributed by atoms with Gasteiger partial charge in [-0.3, -0.25) is 5.32 Å². The molecule has 2 N–H and O–H groups in total. The number of piperazine rings is 1. The topological polar surface area (TPSA) is 77.6 Å². The monoisotopic (exact) mass is 435 g/mol. The molecule has 0 amide bonds. The zero-order valence-corrected chi connectivity index (χ0v) is 18.0. The molecule has 9 heteroatoms. The van der Waals surface area contributed by atoms with Crippen LogP contribution in [0.25, 0.3) is 11.1 Å². The van der Waals surface area contributed by atoms with Gasteiger partial charge in [-0.2, -0.15) is 4.31 Å². The average Bonchev–Trinajstić information content (AvgIpc) is 3.14. The highest BCUT2D eigenvalue weighted by Gasteiger charge is 2.37. The Kier molecular flexibility index (Phi) is 5.81. The third kappa shape index (κ3) is 4.73. The average molecular weight is 436 g/mol. The fraction of sp³-hybridized carbons (Fsp3) is 0.450. The minimum absolute atomic E-state index is 0.112. The van der Waals surface area contributed by atoms with Crippen LogP contribution >= 0.6 is 11.6 Å². The van der Waals surface area contributed by atoms with Gasteiger partial charge in [-0.05, 0) is 36.8 Å². The van der Waals surface area contributed by atoms with Crippen LogP contribution in [0.5, 0.6) is 0 Å². The lowest BCUT2D eigenvalue weighted by Crippen LogP contribution is -2.54. The first-order chi connectivity index (χ1) is 13.8. The van der Waals surface area contributed by atoms with Gasteiger partial charge in [-0.1, -0.05) is 23.7 Å². The lowest BCUT2D eigenvalue weighted by Gasteiger charge is -2.36. The van der Waals surface area contributed by atoms with E-state index in [0.29, 0.717) is 44.4 Å². The molecule has 0 bridgehead atoms. The highest BCUT2D eigenvalue weighted by molar-refractivity contribution is 7.89. The van der Waals surface area contributed by atoms with Crippen LogP contribution in [0.1, 0.15) is 6.92 Å². The molecule has 2 aliphatic heterocycles. The first kappa shape index (κ1) is 20.6. The first-order valence-corrected chi connectivity index (χ1v) is 11.7. The molecule has 2 aliphatic rings. The van der Waals surface area contributed by atoms with Crippen LogP contribution in [0, 0.1) is 0 Å². The number of nitrogens with one attached hydrogen (secondary N) is 2. The summed E-state index contributed by atoms with van der Waals surface area (Å²) >= 11 is 5.95.